The van der Waals surface area contributed by atoms with Crippen molar-refractivity contribution in [3.05, 3.63) is 130 Å². The van der Waals surface area contributed by atoms with Crippen LogP contribution in [0.3, 0.4) is 0 Å². The molecule has 0 saturated carbocycles. The van der Waals surface area contributed by atoms with Gasteiger partial charge in [0.2, 0.25) is 0 Å². The maximum atomic E-state index is 12.9. The molecule has 0 bridgehead atoms. The Morgan fingerprint density at radius 2 is 0.738 bits per heavy atom. The first-order valence-corrected chi connectivity index (χ1v) is 24.9. The number of carbonyl (C=O) groups excluding carboxylic acids is 1. The Labute approximate surface area is 395 Å². The predicted octanol–water partition coefficient (Wildman–Crippen LogP) is 14.9. The van der Waals surface area contributed by atoms with Crippen LogP contribution in [-0.2, 0) is 0 Å². The molecule has 0 saturated heterocycles. The van der Waals surface area contributed by atoms with Crippen LogP contribution in [0.15, 0.2) is 91.0 Å². The summed E-state index contributed by atoms with van der Waals surface area (Å²) in [7, 11) is 0. The van der Waals surface area contributed by atoms with Gasteiger partial charge in [-0.3, -0.25) is 4.79 Å². The number of amides is 1. The molecule has 0 radical (unpaired) electrons. The van der Waals surface area contributed by atoms with Crippen molar-refractivity contribution in [2.75, 3.05) is 19.8 Å². The van der Waals surface area contributed by atoms with Crippen molar-refractivity contribution in [1.82, 2.24) is 5.32 Å². The van der Waals surface area contributed by atoms with Gasteiger partial charge in [0.1, 0.15) is 11.5 Å². The highest BCUT2D eigenvalue weighted by Crippen LogP contribution is 2.20. The second-order valence-electron chi connectivity index (χ2n) is 19.8. The molecule has 3 atom stereocenters. The Morgan fingerprint density at radius 3 is 1.09 bits per heavy atom. The van der Waals surface area contributed by atoms with Crippen molar-refractivity contribution in [1.29, 1.82) is 0 Å². The van der Waals surface area contributed by atoms with Gasteiger partial charge in [-0.1, -0.05) is 156 Å². The first kappa shape index (κ1) is 52.3. The van der Waals surface area contributed by atoms with E-state index in [-0.39, 0.29) is 5.91 Å². The summed E-state index contributed by atoms with van der Waals surface area (Å²) in [5, 5.41) is 3.10. The summed E-state index contributed by atoms with van der Waals surface area (Å²) in [5.41, 5.74) is 5.76. The standard InChI is InChI=1S/C61H79NO3/c1-46(2)13-10-16-49(7)37-40-62-61(63)58-31-25-52(26-32-58)19-22-55-43-56(23-20-53-27-33-59(34-28-53)64-41-38-50(8)17-11-14-47(3)4)45-57(44-55)24-21-54-29-35-60(36-30-54)65-42-39-51(9)18-12-15-48(5)6/h25-36,43-51H,10-18,37-42H2,1-9H3,(H,62,63)/t49-,50-,51-/m0/s1. The smallest absolute Gasteiger partial charge is 0.251 e. The summed E-state index contributed by atoms with van der Waals surface area (Å²) in [5.74, 6) is 25.9. The molecule has 0 aliphatic heterocycles. The highest BCUT2D eigenvalue weighted by atomic mass is 16.5. The summed E-state index contributed by atoms with van der Waals surface area (Å²) in [4.78, 5) is 12.9. The monoisotopic (exact) mass is 874 g/mol. The fourth-order valence-corrected chi connectivity index (χ4v) is 7.60. The van der Waals surface area contributed by atoms with Crippen molar-refractivity contribution < 1.29 is 14.3 Å². The van der Waals surface area contributed by atoms with Crippen molar-refractivity contribution in [2.45, 2.75) is 139 Å². The topological polar surface area (TPSA) is 47.6 Å². The van der Waals surface area contributed by atoms with Crippen LogP contribution in [0.5, 0.6) is 11.5 Å². The molecule has 4 rings (SSSR count). The third kappa shape index (κ3) is 22.4. The SMILES string of the molecule is CC(C)CCC[C@H](C)CCNC(=O)c1ccc(C#Cc2cc(C#Cc3ccc(OCC[C@@H](C)CCCC(C)C)cc3)cc(C#Cc3ccc(OCC[C@@H](C)CCCC(C)C)cc3)c2)cc1. The molecule has 65 heavy (non-hydrogen) atoms. The largest absolute Gasteiger partial charge is 0.494 e. The quantitative estimate of drug-likeness (QED) is 0.0714. The zero-order valence-corrected chi connectivity index (χ0v) is 41.5. The summed E-state index contributed by atoms with van der Waals surface area (Å²) in [6.45, 7) is 22.8. The van der Waals surface area contributed by atoms with Crippen molar-refractivity contribution in [3.8, 4) is 47.0 Å². The van der Waals surface area contributed by atoms with Gasteiger partial charge in [0.05, 0.1) is 13.2 Å². The van der Waals surface area contributed by atoms with Gasteiger partial charge in [-0.2, -0.15) is 0 Å². The summed E-state index contributed by atoms with van der Waals surface area (Å²) < 4.78 is 12.2. The molecule has 4 heteroatoms. The first-order valence-electron chi connectivity index (χ1n) is 24.9. The Hall–Kier alpha value is -5.37. The molecule has 4 aromatic carbocycles. The van der Waals surface area contributed by atoms with E-state index in [1.54, 1.807) is 0 Å². The summed E-state index contributed by atoms with van der Waals surface area (Å²) in [6, 6.07) is 29.6. The molecule has 0 aromatic heterocycles. The highest BCUT2D eigenvalue weighted by molar-refractivity contribution is 5.94. The van der Waals surface area contributed by atoms with E-state index in [9.17, 15) is 4.79 Å². The lowest BCUT2D eigenvalue weighted by molar-refractivity contribution is 0.0951. The van der Waals surface area contributed by atoms with Crippen LogP contribution < -0.4 is 14.8 Å². The van der Waals surface area contributed by atoms with Gasteiger partial charge >= 0.3 is 0 Å². The number of hydrogen-bond acceptors (Lipinski definition) is 3. The van der Waals surface area contributed by atoms with E-state index in [0.29, 0.717) is 29.9 Å². The van der Waals surface area contributed by atoms with E-state index in [0.717, 1.165) is 95.1 Å². The third-order valence-electron chi connectivity index (χ3n) is 12.0. The second kappa shape index (κ2) is 29.2. The molecule has 0 aliphatic carbocycles. The van der Waals surface area contributed by atoms with Gasteiger partial charge in [-0.15, -0.1) is 0 Å². The molecular formula is C61H79NO3. The van der Waals surface area contributed by atoms with Crippen molar-refractivity contribution in [3.63, 3.8) is 0 Å². The zero-order chi connectivity index (χ0) is 46.8. The average Bonchev–Trinajstić information content (AvgIpc) is 3.27. The molecule has 4 nitrogen and oxygen atoms in total. The fraction of sp³-hybridized carbons (Fsp3) is 0.492. The lowest BCUT2D eigenvalue weighted by Crippen LogP contribution is -2.25. The third-order valence-corrected chi connectivity index (χ3v) is 12.0. The lowest BCUT2D eigenvalue weighted by atomic mass is 9.97. The Kier molecular flexibility index (Phi) is 23.5. The van der Waals surface area contributed by atoms with E-state index < -0.39 is 0 Å². The molecule has 1 amide bonds. The van der Waals surface area contributed by atoms with Crippen LogP contribution in [0.25, 0.3) is 0 Å². The van der Waals surface area contributed by atoms with Gasteiger partial charge < -0.3 is 14.8 Å². The molecule has 0 fully saturated rings. The van der Waals surface area contributed by atoms with Crippen LogP contribution >= 0.6 is 0 Å². The van der Waals surface area contributed by atoms with Crippen molar-refractivity contribution >= 4 is 5.91 Å². The maximum Gasteiger partial charge on any atom is 0.251 e. The minimum absolute atomic E-state index is 0.0483. The molecule has 0 aliphatic rings. The number of carbonyl (C=O) groups is 1. The van der Waals surface area contributed by atoms with Crippen LogP contribution in [0.1, 0.15) is 183 Å². The van der Waals surface area contributed by atoms with Gasteiger partial charge in [-0.25, -0.2) is 0 Å². The number of ether oxygens (including phenoxy) is 2. The van der Waals surface area contributed by atoms with Crippen LogP contribution in [-0.4, -0.2) is 25.7 Å². The predicted molar refractivity (Wildman–Crippen MR) is 274 cm³/mol. The second-order valence-corrected chi connectivity index (χ2v) is 19.8. The van der Waals surface area contributed by atoms with Gasteiger partial charge in [-0.05, 0) is 146 Å². The molecule has 4 aromatic rings. The van der Waals surface area contributed by atoms with Gasteiger partial charge in [0.15, 0.2) is 0 Å². The molecule has 0 unspecified atom stereocenters. The fourth-order valence-electron chi connectivity index (χ4n) is 7.60. The Morgan fingerprint density at radius 1 is 0.415 bits per heavy atom. The van der Waals surface area contributed by atoms with E-state index in [4.69, 9.17) is 9.47 Å². The minimum Gasteiger partial charge on any atom is -0.494 e. The first-order chi connectivity index (χ1) is 31.3. The van der Waals surface area contributed by atoms with Crippen LogP contribution in [0.2, 0.25) is 0 Å². The van der Waals surface area contributed by atoms with Gasteiger partial charge in [0, 0.05) is 45.5 Å². The Balaban J connectivity index is 1.43. The minimum atomic E-state index is -0.0483. The van der Waals surface area contributed by atoms with Gasteiger partial charge in [0.25, 0.3) is 5.91 Å². The van der Waals surface area contributed by atoms with E-state index in [2.05, 4.69) is 103 Å². The van der Waals surface area contributed by atoms with E-state index >= 15 is 0 Å². The normalized spacial score (nSPS) is 12.3. The van der Waals surface area contributed by atoms with Crippen molar-refractivity contribution in [2.24, 2.45) is 35.5 Å². The van der Waals surface area contributed by atoms with Crippen LogP contribution in [0.4, 0.5) is 0 Å². The maximum absolute atomic E-state index is 12.9. The number of nitrogens with one attached hydrogen (secondary N) is 1. The highest BCUT2D eigenvalue weighted by Gasteiger charge is 2.09. The molecular weight excluding hydrogens is 795 g/mol. The van der Waals surface area contributed by atoms with E-state index in [1.807, 2.05) is 91.0 Å². The molecule has 0 heterocycles. The number of hydrogen-bond donors (Lipinski definition) is 1. The number of benzene rings is 4. The molecule has 1 N–H and O–H groups in total. The summed E-state index contributed by atoms with van der Waals surface area (Å²) in [6.07, 6.45) is 14.5. The molecule has 0 spiro atoms. The summed E-state index contributed by atoms with van der Waals surface area (Å²) >= 11 is 0. The van der Waals surface area contributed by atoms with Crippen LogP contribution in [0, 0.1) is 71.0 Å². The van der Waals surface area contributed by atoms with E-state index in [1.165, 1.54) is 57.8 Å². The zero-order valence-electron chi connectivity index (χ0n) is 41.5. The lowest BCUT2D eigenvalue weighted by Gasteiger charge is -2.13. The average molecular weight is 874 g/mol. The Bertz CT molecular complexity index is 2070. The number of rotatable bonds is 24. The molecule has 346 valence electrons.